The molecule has 4 heteroatoms. The van der Waals surface area contributed by atoms with Crippen LogP contribution in [0.2, 0.25) is 0 Å². The summed E-state index contributed by atoms with van der Waals surface area (Å²) in [6.07, 6.45) is -2.38. The largest absolute Gasteiger partial charge is 0.379 e. The molecule has 0 amide bonds. The lowest BCUT2D eigenvalue weighted by Gasteiger charge is -2.04. The molecule has 0 saturated heterocycles. The third-order valence-corrected chi connectivity index (χ3v) is 1.45. The lowest BCUT2D eigenvalue weighted by atomic mass is 10.2. The van der Waals surface area contributed by atoms with Crippen LogP contribution >= 0.6 is 0 Å². The fraction of sp³-hybridized carbons (Fsp3) is 0.222. The Morgan fingerprint density at radius 1 is 1.46 bits per heavy atom. The second kappa shape index (κ2) is 4.41. The van der Waals surface area contributed by atoms with Gasteiger partial charge in [0.25, 0.3) is 6.43 Å². The number of halogens is 2. The van der Waals surface area contributed by atoms with Gasteiger partial charge in [-0.15, -0.1) is 0 Å². The number of hydrogen-bond donors (Lipinski definition) is 1. The van der Waals surface area contributed by atoms with Gasteiger partial charge in [0.05, 0.1) is 18.2 Å². The van der Waals surface area contributed by atoms with Gasteiger partial charge in [0.2, 0.25) is 0 Å². The zero-order chi connectivity index (χ0) is 9.68. The summed E-state index contributed by atoms with van der Waals surface area (Å²) in [7, 11) is 0. The summed E-state index contributed by atoms with van der Waals surface area (Å²) >= 11 is 0. The summed E-state index contributed by atoms with van der Waals surface area (Å²) in [5.74, 6) is 0. The zero-order valence-electron chi connectivity index (χ0n) is 6.80. The maximum Gasteiger partial charge on any atom is 0.255 e. The first-order valence-corrected chi connectivity index (χ1v) is 3.74. The van der Waals surface area contributed by atoms with E-state index in [1.807, 2.05) is 6.07 Å². The minimum absolute atomic E-state index is 0.394. The highest BCUT2D eigenvalue weighted by Crippen LogP contribution is 2.09. The van der Waals surface area contributed by atoms with Crippen molar-refractivity contribution in [1.29, 1.82) is 5.26 Å². The lowest BCUT2D eigenvalue weighted by Crippen LogP contribution is -2.09. The van der Waals surface area contributed by atoms with Crippen molar-refractivity contribution >= 4 is 5.69 Å². The van der Waals surface area contributed by atoms with Crippen LogP contribution < -0.4 is 5.32 Å². The molecule has 1 aromatic rings. The standard InChI is InChI=1S/C9H8F2N2/c10-9(11)6-13-8-3-1-2-7(4-8)5-12/h1-4,9,13H,6H2. The summed E-state index contributed by atoms with van der Waals surface area (Å²) in [5.41, 5.74) is 0.999. The maximum absolute atomic E-state index is 11.8. The average Bonchev–Trinajstić information content (AvgIpc) is 2.15. The van der Waals surface area contributed by atoms with E-state index in [1.54, 1.807) is 18.2 Å². The van der Waals surface area contributed by atoms with E-state index < -0.39 is 13.0 Å². The van der Waals surface area contributed by atoms with Crippen molar-refractivity contribution in [3.05, 3.63) is 29.8 Å². The Morgan fingerprint density at radius 3 is 2.85 bits per heavy atom. The fourth-order valence-electron chi connectivity index (χ4n) is 0.894. The third kappa shape index (κ3) is 3.08. The average molecular weight is 182 g/mol. The molecule has 0 unspecified atom stereocenters. The molecule has 1 rings (SSSR count). The molecular formula is C9H8F2N2. The molecule has 0 saturated carbocycles. The summed E-state index contributed by atoms with van der Waals surface area (Å²) in [6.45, 7) is -0.394. The van der Waals surface area contributed by atoms with E-state index >= 15 is 0 Å². The normalized spacial score (nSPS) is 9.69. The molecule has 13 heavy (non-hydrogen) atoms. The van der Waals surface area contributed by atoms with Crippen LogP contribution in [0.4, 0.5) is 14.5 Å². The van der Waals surface area contributed by atoms with Gasteiger partial charge in [-0.25, -0.2) is 8.78 Å². The second-order valence-corrected chi connectivity index (χ2v) is 2.46. The monoisotopic (exact) mass is 182 g/mol. The van der Waals surface area contributed by atoms with E-state index in [-0.39, 0.29) is 0 Å². The number of anilines is 1. The molecule has 0 radical (unpaired) electrons. The predicted octanol–water partition coefficient (Wildman–Crippen LogP) is 2.24. The smallest absolute Gasteiger partial charge is 0.255 e. The zero-order valence-corrected chi connectivity index (χ0v) is 6.80. The Morgan fingerprint density at radius 2 is 2.23 bits per heavy atom. The summed E-state index contributed by atoms with van der Waals surface area (Å²) < 4.78 is 23.6. The Labute approximate surface area is 74.8 Å². The van der Waals surface area contributed by atoms with Gasteiger partial charge in [0.1, 0.15) is 0 Å². The maximum atomic E-state index is 11.8. The highest BCUT2D eigenvalue weighted by molar-refractivity contribution is 5.49. The second-order valence-electron chi connectivity index (χ2n) is 2.46. The van der Waals surface area contributed by atoms with Crippen LogP contribution in [-0.4, -0.2) is 13.0 Å². The molecule has 2 nitrogen and oxygen atoms in total. The molecule has 0 heterocycles. The molecule has 0 aliphatic carbocycles. The van der Waals surface area contributed by atoms with Crippen molar-refractivity contribution in [3.8, 4) is 6.07 Å². The topological polar surface area (TPSA) is 35.8 Å². The van der Waals surface area contributed by atoms with Gasteiger partial charge in [0.15, 0.2) is 0 Å². The molecule has 0 bridgehead atoms. The quantitative estimate of drug-likeness (QED) is 0.778. The molecule has 1 aromatic carbocycles. The van der Waals surface area contributed by atoms with Crippen molar-refractivity contribution in [2.24, 2.45) is 0 Å². The Hall–Kier alpha value is -1.63. The minimum Gasteiger partial charge on any atom is -0.379 e. The van der Waals surface area contributed by atoms with Crippen LogP contribution in [0.3, 0.4) is 0 Å². The molecule has 0 aliphatic heterocycles. The van der Waals surface area contributed by atoms with Crippen molar-refractivity contribution in [2.75, 3.05) is 11.9 Å². The predicted molar refractivity (Wildman–Crippen MR) is 45.7 cm³/mol. The summed E-state index contributed by atoms with van der Waals surface area (Å²) in [6, 6.07) is 8.36. The van der Waals surface area contributed by atoms with E-state index in [2.05, 4.69) is 5.32 Å². The number of nitriles is 1. The van der Waals surface area contributed by atoms with Crippen LogP contribution in [0.15, 0.2) is 24.3 Å². The van der Waals surface area contributed by atoms with Crippen molar-refractivity contribution < 1.29 is 8.78 Å². The molecule has 68 valence electrons. The highest BCUT2D eigenvalue weighted by Gasteiger charge is 2.01. The van der Waals surface area contributed by atoms with Gasteiger partial charge in [-0.1, -0.05) is 6.07 Å². The fourth-order valence-corrected chi connectivity index (χ4v) is 0.894. The SMILES string of the molecule is N#Cc1cccc(NCC(F)F)c1. The Bertz CT molecular complexity index is 318. The Balaban J connectivity index is 2.63. The lowest BCUT2D eigenvalue weighted by molar-refractivity contribution is 0.163. The van der Waals surface area contributed by atoms with Crippen LogP contribution in [-0.2, 0) is 0 Å². The molecule has 0 aromatic heterocycles. The van der Waals surface area contributed by atoms with Crippen molar-refractivity contribution in [2.45, 2.75) is 6.43 Å². The first-order chi connectivity index (χ1) is 6.22. The number of benzene rings is 1. The van der Waals surface area contributed by atoms with Gasteiger partial charge in [0, 0.05) is 5.69 Å². The molecule has 1 N–H and O–H groups in total. The summed E-state index contributed by atoms with van der Waals surface area (Å²) in [5, 5.41) is 11.0. The minimum atomic E-state index is -2.38. The van der Waals surface area contributed by atoms with E-state index in [4.69, 9.17) is 5.26 Å². The van der Waals surface area contributed by atoms with Gasteiger partial charge in [-0.05, 0) is 18.2 Å². The van der Waals surface area contributed by atoms with Gasteiger partial charge >= 0.3 is 0 Å². The number of nitrogens with one attached hydrogen (secondary N) is 1. The van der Waals surface area contributed by atoms with E-state index in [0.29, 0.717) is 11.3 Å². The van der Waals surface area contributed by atoms with Crippen LogP contribution in [0, 0.1) is 11.3 Å². The van der Waals surface area contributed by atoms with Crippen molar-refractivity contribution in [1.82, 2.24) is 0 Å². The van der Waals surface area contributed by atoms with Crippen LogP contribution in [0.5, 0.6) is 0 Å². The van der Waals surface area contributed by atoms with Crippen molar-refractivity contribution in [3.63, 3.8) is 0 Å². The molecule has 0 fully saturated rings. The molecule has 0 spiro atoms. The first-order valence-electron chi connectivity index (χ1n) is 3.74. The van der Waals surface area contributed by atoms with Gasteiger partial charge in [-0.2, -0.15) is 5.26 Å². The Kier molecular flexibility index (Phi) is 3.21. The third-order valence-electron chi connectivity index (χ3n) is 1.45. The molecule has 0 atom stereocenters. The highest BCUT2D eigenvalue weighted by atomic mass is 19.3. The number of hydrogen-bond acceptors (Lipinski definition) is 2. The van der Waals surface area contributed by atoms with E-state index in [0.717, 1.165) is 0 Å². The number of rotatable bonds is 3. The van der Waals surface area contributed by atoms with Crippen LogP contribution in [0.1, 0.15) is 5.56 Å². The number of alkyl halides is 2. The van der Waals surface area contributed by atoms with E-state index in [1.165, 1.54) is 6.07 Å². The number of nitrogens with zero attached hydrogens (tertiary/aromatic N) is 1. The summed E-state index contributed by atoms with van der Waals surface area (Å²) in [4.78, 5) is 0. The van der Waals surface area contributed by atoms with E-state index in [9.17, 15) is 8.78 Å². The molecule has 0 aliphatic rings. The molecular weight excluding hydrogens is 174 g/mol. The first kappa shape index (κ1) is 9.46. The van der Waals surface area contributed by atoms with Gasteiger partial charge in [-0.3, -0.25) is 0 Å². The van der Waals surface area contributed by atoms with Gasteiger partial charge < -0.3 is 5.32 Å². The van der Waals surface area contributed by atoms with Crippen LogP contribution in [0.25, 0.3) is 0 Å².